The number of fused-ring (bicyclic) bond motifs is 9. The van der Waals surface area contributed by atoms with Gasteiger partial charge >= 0.3 is 6.09 Å². The number of unbranched alkanes of at least 4 members (excludes halogenated alkanes) is 2. The number of hydrogen-bond donors (Lipinski definition) is 3. The third-order valence-electron chi connectivity index (χ3n) is 22.5. The summed E-state index contributed by atoms with van der Waals surface area (Å²) in [5.41, 5.74) is 8.57. The van der Waals surface area contributed by atoms with Gasteiger partial charge in [0, 0.05) is 98.8 Å². The number of rotatable bonds is 30. The molecule has 6 atom stereocenters. The predicted octanol–water partition coefficient (Wildman–Crippen LogP) is 10.7. The van der Waals surface area contributed by atoms with Crippen LogP contribution in [-0.4, -0.2) is 154 Å². The normalized spacial score (nSPS) is 19.6. The van der Waals surface area contributed by atoms with Gasteiger partial charge < -0.3 is 49.2 Å². The fourth-order valence-corrected chi connectivity index (χ4v) is 16.0. The topological polar surface area (TPSA) is 284 Å². The molecule has 2 saturated heterocycles. The standard InChI is InChI=1S/C81H94N8O15/c1-7-88-74-57-16-10-9-15-52(57)36-62(58-17-11-12-18-59(58)73(74)84-85-88)66(92)27-25-55(90)26-28-72(94)82-44-56(91)38-60(48(2)3)75(95)83-49(4)67(93)35-50-19-21-51(22-20-50)45-104-79(99)89-64-41-71(69(101-6)40-63(64)77(97)87-47-81(31-32-81)43-65(87)78(89)98)103-34-14-8-13-33-102-70-37-53-23-24-54-42-80(29-30-80)46-86(54)76(96)61(53)39-68(70)100-5/h9-12,15-22,37,39-41,48-49,54,60,62,65,78,98H,7-8,13-14,23-36,38,42-47H2,1-6H3,(H,82,94)(H,83,95)/t49-,54+,60-,62?,65-,78-/m0/s1. The first-order chi connectivity index (χ1) is 50.2. The number of nitrogens with one attached hydrogen (secondary N) is 2. The molecule has 548 valence electrons. The maximum absolute atomic E-state index is 14.5. The number of aryl methyl sites for hydroxylation is 2. The number of aliphatic hydroxyl groups excluding tert-OH is 1. The number of hydrogen-bond acceptors (Lipinski definition) is 17. The van der Waals surface area contributed by atoms with Gasteiger partial charge in [0.25, 0.3) is 11.8 Å². The van der Waals surface area contributed by atoms with Crippen molar-refractivity contribution in [1.29, 1.82) is 0 Å². The summed E-state index contributed by atoms with van der Waals surface area (Å²) in [5, 5.41) is 26.5. The molecule has 23 nitrogen and oxygen atoms in total. The zero-order valence-electron chi connectivity index (χ0n) is 60.3. The summed E-state index contributed by atoms with van der Waals surface area (Å²) < 4.78 is 31.9. The van der Waals surface area contributed by atoms with E-state index in [0.29, 0.717) is 84.7 Å². The van der Waals surface area contributed by atoms with Crippen LogP contribution in [0.5, 0.6) is 23.0 Å². The summed E-state index contributed by atoms with van der Waals surface area (Å²) in [7, 11) is 3.07. The highest BCUT2D eigenvalue weighted by molar-refractivity contribution is 6.06. The van der Waals surface area contributed by atoms with Gasteiger partial charge in [0.15, 0.2) is 40.8 Å². The fraction of sp³-hybridized carbons (Fsp3) is 0.494. The molecule has 6 aromatic rings. The van der Waals surface area contributed by atoms with Crippen LogP contribution in [0.3, 0.4) is 0 Å². The number of carbonyl (C=O) groups is 9. The van der Waals surface area contributed by atoms with Crippen molar-refractivity contribution >= 4 is 58.5 Å². The zero-order valence-corrected chi connectivity index (χ0v) is 60.3. The quantitative estimate of drug-likeness (QED) is 0.0353. The minimum atomic E-state index is -1.45. The lowest BCUT2D eigenvalue weighted by Crippen LogP contribution is -2.50. The SMILES string of the molecule is CCn1nnc2c1-c1ccccc1CC(C(=O)CCC(=O)CCC(=O)NCC(=O)C[C@H](C(=O)N[C@@H](C)C(=O)Cc1ccc(COC(=O)N3c4cc(OCCCCCOc5cc6c(cc5OC)C(=O)N5CC7(CC7)C[C@H]5CC6)c(OC)cc4C(=O)N4CC5(CC5)C[C@H]4[C@@H]3O)cc1)C(C)C)c1ccccc1-2. The van der Waals surface area contributed by atoms with E-state index in [-0.39, 0.29) is 128 Å². The maximum atomic E-state index is 14.5. The molecule has 5 aromatic carbocycles. The second-order valence-corrected chi connectivity index (χ2v) is 30.0. The molecule has 4 fully saturated rings. The summed E-state index contributed by atoms with van der Waals surface area (Å²) in [5.74, 6) is -2.24. The summed E-state index contributed by atoms with van der Waals surface area (Å²) in [6.45, 7) is 9.19. The molecule has 7 aliphatic rings. The van der Waals surface area contributed by atoms with Crippen LogP contribution in [0.2, 0.25) is 0 Å². The number of ether oxygens (including phenoxy) is 5. The van der Waals surface area contributed by atoms with E-state index in [0.717, 1.165) is 83.5 Å². The first-order valence-electron chi connectivity index (χ1n) is 37.0. The van der Waals surface area contributed by atoms with Gasteiger partial charge in [-0.25, -0.2) is 14.4 Å². The number of methoxy groups -OCH3 is 2. The van der Waals surface area contributed by atoms with E-state index in [4.69, 9.17) is 23.7 Å². The van der Waals surface area contributed by atoms with E-state index in [1.165, 1.54) is 20.0 Å². The van der Waals surface area contributed by atoms with Gasteiger partial charge in [0.05, 0.1) is 63.0 Å². The van der Waals surface area contributed by atoms with Crippen LogP contribution in [0.25, 0.3) is 22.5 Å². The first kappa shape index (κ1) is 72.6. The first-order valence-corrected chi connectivity index (χ1v) is 37.0. The summed E-state index contributed by atoms with van der Waals surface area (Å²) in [6, 6.07) is 28.0. The van der Waals surface area contributed by atoms with Crippen molar-refractivity contribution in [3.05, 3.63) is 136 Å². The number of ketones is 4. The number of carbonyl (C=O) groups excluding carboxylic acids is 9. The lowest BCUT2D eigenvalue weighted by Gasteiger charge is -2.31. The Hall–Kier alpha value is -9.77. The summed E-state index contributed by atoms with van der Waals surface area (Å²) >= 11 is 0. The van der Waals surface area contributed by atoms with Crippen LogP contribution >= 0.6 is 0 Å². The number of benzene rings is 5. The van der Waals surface area contributed by atoms with Crippen LogP contribution in [0, 0.1) is 22.7 Å². The Kier molecular flexibility index (Phi) is 21.6. The molecular weight excluding hydrogens is 1320 g/mol. The molecule has 5 amide bonds. The highest BCUT2D eigenvalue weighted by atomic mass is 16.6. The third kappa shape index (κ3) is 15.5. The lowest BCUT2D eigenvalue weighted by molar-refractivity contribution is -0.133. The minimum absolute atomic E-state index is 0.0126. The van der Waals surface area contributed by atoms with Crippen molar-refractivity contribution in [2.24, 2.45) is 22.7 Å². The molecule has 2 saturated carbocycles. The van der Waals surface area contributed by atoms with Crippen LogP contribution in [0.4, 0.5) is 10.5 Å². The Bertz CT molecular complexity index is 4310. The molecule has 0 bridgehead atoms. The molecule has 104 heavy (non-hydrogen) atoms. The Morgan fingerprint density at radius 2 is 1.33 bits per heavy atom. The molecule has 5 heterocycles. The molecule has 1 aromatic heterocycles. The second-order valence-electron chi connectivity index (χ2n) is 30.0. The minimum Gasteiger partial charge on any atom is -0.493 e. The monoisotopic (exact) mass is 1420 g/mol. The number of amides is 5. The third-order valence-corrected chi connectivity index (χ3v) is 22.5. The smallest absolute Gasteiger partial charge is 0.416 e. The molecule has 13 rings (SSSR count). The molecule has 0 radical (unpaired) electrons. The van der Waals surface area contributed by atoms with Crippen molar-refractivity contribution in [3.8, 4) is 45.5 Å². The van der Waals surface area contributed by atoms with Crippen molar-refractivity contribution in [2.45, 2.75) is 187 Å². The number of anilines is 1. The molecule has 23 heteroatoms. The molecule has 4 aliphatic heterocycles. The van der Waals surface area contributed by atoms with Gasteiger partial charge in [-0.05, 0) is 154 Å². The summed E-state index contributed by atoms with van der Waals surface area (Å²) in [4.78, 5) is 128. The number of aliphatic hydroxyl groups is 1. The van der Waals surface area contributed by atoms with Gasteiger partial charge in [-0.1, -0.05) is 91.9 Å². The predicted molar refractivity (Wildman–Crippen MR) is 385 cm³/mol. The zero-order chi connectivity index (χ0) is 73.1. The average molecular weight is 1420 g/mol. The van der Waals surface area contributed by atoms with E-state index < -0.39 is 53.8 Å². The van der Waals surface area contributed by atoms with Crippen molar-refractivity contribution < 1.29 is 71.9 Å². The van der Waals surface area contributed by atoms with Gasteiger partial charge in [0.2, 0.25) is 11.8 Å². The second kappa shape index (κ2) is 30.9. The fourth-order valence-electron chi connectivity index (χ4n) is 16.0. The van der Waals surface area contributed by atoms with E-state index in [1.54, 1.807) is 69.2 Å². The van der Waals surface area contributed by atoms with E-state index >= 15 is 0 Å². The van der Waals surface area contributed by atoms with Crippen LogP contribution in [0.1, 0.15) is 178 Å². The average Bonchev–Trinajstić information content (AvgIpc) is 1.57. The van der Waals surface area contributed by atoms with Crippen LogP contribution < -0.4 is 34.5 Å². The van der Waals surface area contributed by atoms with Crippen LogP contribution in [-0.2, 0) is 65.9 Å². The molecule has 3 N–H and O–H groups in total. The Balaban J connectivity index is 0.555. The van der Waals surface area contributed by atoms with Crippen molar-refractivity contribution in [3.63, 3.8) is 0 Å². The van der Waals surface area contributed by atoms with E-state index in [2.05, 4.69) is 25.8 Å². The van der Waals surface area contributed by atoms with E-state index in [1.807, 2.05) is 72.3 Å². The Morgan fingerprint density at radius 3 is 2.03 bits per heavy atom. The Labute approximate surface area is 606 Å². The van der Waals surface area contributed by atoms with Gasteiger partial charge in [0.1, 0.15) is 23.9 Å². The van der Waals surface area contributed by atoms with Gasteiger partial charge in [-0.2, -0.15) is 0 Å². The maximum Gasteiger partial charge on any atom is 0.416 e. The molecular formula is C81H94N8O15. The Morgan fingerprint density at radius 1 is 0.683 bits per heavy atom. The lowest BCUT2D eigenvalue weighted by atomic mass is 9.79. The van der Waals surface area contributed by atoms with Gasteiger partial charge in [-0.15, -0.1) is 5.10 Å². The highest BCUT2D eigenvalue weighted by Crippen LogP contribution is 2.58. The largest absolute Gasteiger partial charge is 0.493 e. The van der Waals surface area contributed by atoms with E-state index in [9.17, 15) is 48.3 Å². The number of nitrogens with zero attached hydrogens (tertiary/aromatic N) is 6. The number of Topliss-reactive ketones (excluding diaryl/α,β-unsaturated/α-hetero) is 4. The van der Waals surface area contributed by atoms with Gasteiger partial charge in [-0.3, -0.25) is 38.4 Å². The molecule has 1 unspecified atom stereocenters. The van der Waals surface area contributed by atoms with Crippen LogP contribution in [0.15, 0.2) is 97.1 Å². The number of aromatic nitrogens is 3. The summed E-state index contributed by atoms with van der Waals surface area (Å²) in [6.07, 6.45) is 7.17. The molecule has 2 spiro atoms. The molecule has 3 aliphatic carbocycles. The van der Waals surface area contributed by atoms with Crippen molar-refractivity contribution in [2.75, 3.05) is 52.0 Å². The van der Waals surface area contributed by atoms with Crippen molar-refractivity contribution in [1.82, 2.24) is 35.4 Å². The highest BCUT2D eigenvalue weighted by Gasteiger charge is 2.58.